The fraction of sp³-hybridized carbons (Fsp3) is 0.483. The highest BCUT2D eigenvalue weighted by Crippen LogP contribution is 2.36. The zero-order valence-corrected chi connectivity index (χ0v) is 24.0. The third-order valence-electron chi connectivity index (χ3n) is 7.76. The Morgan fingerprint density at radius 3 is 2.64 bits per heavy atom. The van der Waals surface area contributed by atoms with E-state index in [-0.39, 0.29) is 12.1 Å². The summed E-state index contributed by atoms with van der Waals surface area (Å²) in [6.07, 6.45) is 5.42. The van der Waals surface area contributed by atoms with Gasteiger partial charge in [-0.3, -0.25) is 4.90 Å². The maximum absolute atomic E-state index is 14.9. The summed E-state index contributed by atoms with van der Waals surface area (Å²) in [6.45, 7) is 8.66. The quantitative estimate of drug-likeness (QED) is 0.238. The van der Waals surface area contributed by atoms with Gasteiger partial charge in [0.2, 0.25) is 0 Å². The number of nitrogens with zero attached hydrogens (tertiary/aromatic N) is 9. The Labute approximate surface area is 243 Å². The molecule has 0 saturated carbocycles. The summed E-state index contributed by atoms with van der Waals surface area (Å²) in [5.74, 6) is -0.169. The first-order valence-electron chi connectivity index (χ1n) is 14.3. The molecular formula is C29H37F2N9O2. The SMILES string of the molecule is CCCCOc1ccccc1N1CCN(CCc2nnn([C@@H](C)[C@](O)(Cn3cncn3)c3ccc(F)cc3F)n2)CC1. The molecule has 2 aromatic heterocycles. The normalized spacial score (nSPS) is 16.4. The molecule has 4 aromatic rings. The maximum atomic E-state index is 14.9. The van der Waals surface area contributed by atoms with Gasteiger partial charge >= 0.3 is 0 Å². The maximum Gasteiger partial charge on any atom is 0.176 e. The Morgan fingerprint density at radius 1 is 1.10 bits per heavy atom. The first-order chi connectivity index (χ1) is 20.4. The van der Waals surface area contributed by atoms with Crippen molar-refractivity contribution in [3.63, 3.8) is 0 Å². The van der Waals surface area contributed by atoms with Crippen molar-refractivity contribution in [2.45, 2.75) is 51.3 Å². The molecule has 1 aliphatic heterocycles. The third kappa shape index (κ3) is 6.73. The molecule has 0 bridgehead atoms. The molecule has 1 N–H and O–H groups in total. The van der Waals surface area contributed by atoms with Gasteiger partial charge in [-0.2, -0.15) is 9.90 Å². The number of anilines is 1. The Morgan fingerprint density at radius 2 is 1.90 bits per heavy atom. The van der Waals surface area contributed by atoms with Gasteiger partial charge < -0.3 is 14.7 Å². The number of tetrazole rings is 1. The number of hydrogen-bond donors (Lipinski definition) is 1. The number of aliphatic hydroxyl groups is 1. The number of halogens is 2. The van der Waals surface area contributed by atoms with E-state index in [9.17, 15) is 13.9 Å². The van der Waals surface area contributed by atoms with Crippen LogP contribution in [0.5, 0.6) is 5.75 Å². The summed E-state index contributed by atoms with van der Waals surface area (Å²) >= 11 is 0. The smallest absolute Gasteiger partial charge is 0.176 e. The number of hydrogen-bond acceptors (Lipinski definition) is 9. The highest BCUT2D eigenvalue weighted by atomic mass is 19.1. The second-order valence-electron chi connectivity index (χ2n) is 10.6. The van der Waals surface area contributed by atoms with Crippen LogP contribution in [0, 0.1) is 11.6 Å². The van der Waals surface area contributed by atoms with Crippen molar-refractivity contribution in [1.29, 1.82) is 0 Å². The topological polar surface area (TPSA) is 110 Å². The van der Waals surface area contributed by atoms with Crippen molar-refractivity contribution in [3.8, 4) is 5.75 Å². The summed E-state index contributed by atoms with van der Waals surface area (Å²) in [7, 11) is 0. The predicted molar refractivity (Wildman–Crippen MR) is 152 cm³/mol. The van der Waals surface area contributed by atoms with Crippen molar-refractivity contribution in [2.75, 3.05) is 44.2 Å². The lowest BCUT2D eigenvalue weighted by molar-refractivity contribution is -0.0418. The van der Waals surface area contributed by atoms with Crippen molar-refractivity contribution in [2.24, 2.45) is 0 Å². The fourth-order valence-corrected chi connectivity index (χ4v) is 5.19. The average Bonchev–Trinajstić information content (AvgIpc) is 3.69. The van der Waals surface area contributed by atoms with Crippen LogP contribution in [0.3, 0.4) is 0 Å². The fourth-order valence-electron chi connectivity index (χ4n) is 5.19. The van der Waals surface area contributed by atoms with Gasteiger partial charge in [0.1, 0.15) is 41.7 Å². The van der Waals surface area contributed by atoms with Gasteiger partial charge in [0, 0.05) is 50.8 Å². The molecule has 1 fully saturated rings. The highest BCUT2D eigenvalue weighted by molar-refractivity contribution is 5.58. The Balaban J connectivity index is 1.21. The van der Waals surface area contributed by atoms with E-state index in [2.05, 4.69) is 48.3 Å². The lowest BCUT2D eigenvalue weighted by Crippen LogP contribution is -2.47. The van der Waals surface area contributed by atoms with Crippen LogP contribution in [0.2, 0.25) is 0 Å². The van der Waals surface area contributed by atoms with E-state index in [0.717, 1.165) is 75.7 Å². The van der Waals surface area contributed by atoms with Crippen molar-refractivity contribution in [3.05, 3.63) is 78.1 Å². The first-order valence-corrected chi connectivity index (χ1v) is 14.3. The molecule has 1 aliphatic rings. The zero-order valence-electron chi connectivity index (χ0n) is 24.0. The van der Waals surface area contributed by atoms with Gasteiger partial charge in [-0.15, -0.1) is 10.2 Å². The van der Waals surface area contributed by atoms with Crippen LogP contribution in [-0.2, 0) is 18.6 Å². The molecule has 3 heterocycles. The van der Waals surface area contributed by atoms with Gasteiger partial charge in [-0.1, -0.05) is 31.5 Å². The zero-order chi connectivity index (χ0) is 29.5. The lowest BCUT2D eigenvalue weighted by atomic mass is 9.86. The van der Waals surface area contributed by atoms with Crippen LogP contribution in [-0.4, -0.2) is 84.3 Å². The largest absolute Gasteiger partial charge is 0.491 e. The molecule has 0 amide bonds. The number of piperazine rings is 1. The second-order valence-corrected chi connectivity index (χ2v) is 10.6. The van der Waals surface area contributed by atoms with Crippen LogP contribution in [0.1, 0.15) is 44.1 Å². The van der Waals surface area contributed by atoms with Crippen LogP contribution in [0.4, 0.5) is 14.5 Å². The summed E-state index contributed by atoms with van der Waals surface area (Å²) in [5.41, 5.74) is -0.833. The molecule has 42 heavy (non-hydrogen) atoms. The Bertz CT molecular complexity index is 1430. The molecule has 0 radical (unpaired) electrons. The molecule has 0 spiro atoms. The molecule has 11 nitrogen and oxygen atoms in total. The van der Waals surface area contributed by atoms with Gasteiger partial charge in [0.25, 0.3) is 0 Å². The van der Waals surface area contributed by atoms with Gasteiger partial charge in [0.05, 0.1) is 18.8 Å². The van der Waals surface area contributed by atoms with Crippen molar-refractivity contribution in [1.82, 2.24) is 39.9 Å². The average molecular weight is 582 g/mol. The summed E-state index contributed by atoms with van der Waals surface area (Å²) in [5, 5.41) is 28.7. The van der Waals surface area contributed by atoms with Crippen LogP contribution in [0.25, 0.3) is 0 Å². The first kappa shape index (κ1) is 29.5. The number of para-hydroxylation sites is 2. The van der Waals surface area contributed by atoms with E-state index in [1.807, 2.05) is 18.2 Å². The van der Waals surface area contributed by atoms with E-state index in [1.54, 1.807) is 6.92 Å². The number of benzene rings is 2. The molecule has 224 valence electrons. The standard InChI is InChI=1S/C29H37F2N9O2/c1-3-4-17-42-27-8-6-5-7-26(27)38-15-13-37(14-16-38)12-11-28-34-36-40(35-28)22(2)29(41,19-39-21-32-20-33-39)24-10-9-23(30)18-25(24)31/h5-10,18,20-22,41H,3-4,11-17,19H2,1-2H3/t22-,29+/m0/s1. The monoisotopic (exact) mass is 581 g/mol. The van der Waals surface area contributed by atoms with Crippen LogP contribution in [0.15, 0.2) is 55.1 Å². The molecule has 5 rings (SSSR count). The van der Waals surface area contributed by atoms with E-state index >= 15 is 0 Å². The molecule has 2 atom stereocenters. The minimum atomic E-state index is -1.86. The molecule has 2 aromatic carbocycles. The van der Waals surface area contributed by atoms with Gasteiger partial charge in [-0.05, 0) is 36.8 Å². The highest BCUT2D eigenvalue weighted by Gasteiger charge is 2.41. The third-order valence-corrected chi connectivity index (χ3v) is 7.76. The van der Waals surface area contributed by atoms with E-state index in [4.69, 9.17) is 4.74 Å². The number of unbranched alkanes of at least 4 members (excludes halogenated alkanes) is 1. The summed E-state index contributed by atoms with van der Waals surface area (Å²) in [6, 6.07) is 10.4. The predicted octanol–water partition coefficient (Wildman–Crippen LogP) is 3.24. The van der Waals surface area contributed by atoms with E-state index in [0.29, 0.717) is 12.2 Å². The van der Waals surface area contributed by atoms with E-state index < -0.39 is 23.3 Å². The lowest BCUT2D eigenvalue weighted by Gasteiger charge is -2.36. The van der Waals surface area contributed by atoms with Crippen LogP contribution >= 0.6 is 0 Å². The van der Waals surface area contributed by atoms with Gasteiger partial charge in [0.15, 0.2) is 5.82 Å². The number of rotatable bonds is 13. The van der Waals surface area contributed by atoms with Gasteiger partial charge in [-0.25, -0.2) is 18.4 Å². The Hall–Kier alpha value is -3.97. The van der Waals surface area contributed by atoms with Crippen molar-refractivity contribution >= 4 is 5.69 Å². The Kier molecular flexibility index (Phi) is 9.38. The number of ether oxygens (including phenoxy) is 1. The van der Waals surface area contributed by atoms with E-state index in [1.165, 1.54) is 28.2 Å². The minimum Gasteiger partial charge on any atom is -0.491 e. The molecule has 13 heteroatoms. The van der Waals surface area contributed by atoms with Crippen molar-refractivity contribution < 1.29 is 18.6 Å². The number of aromatic nitrogens is 7. The summed E-state index contributed by atoms with van der Waals surface area (Å²) in [4.78, 5) is 9.90. The second kappa shape index (κ2) is 13.3. The van der Waals surface area contributed by atoms with Crippen LogP contribution < -0.4 is 9.64 Å². The molecule has 0 unspecified atom stereocenters. The summed E-state index contributed by atoms with van der Waals surface area (Å²) < 4.78 is 36.0. The molecule has 1 saturated heterocycles. The minimum absolute atomic E-state index is 0.0963. The molecular weight excluding hydrogens is 544 g/mol. The molecule has 0 aliphatic carbocycles.